The van der Waals surface area contributed by atoms with Crippen molar-refractivity contribution in [2.24, 2.45) is 0 Å². The number of anilines is 1. The summed E-state index contributed by atoms with van der Waals surface area (Å²) in [4.78, 5) is 24.1. The second-order valence-corrected chi connectivity index (χ2v) is 4.39. The van der Waals surface area contributed by atoms with Gasteiger partial charge in [-0.2, -0.15) is 0 Å². The lowest BCUT2D eigenvalue weighted by Crippen LogP contribution is -2.35. The van der Waals surface area contributed by atoms with E-state index in [-0.39, 0.29) is 25.5 Å². The van der Waals surface area contributed by atoms with Crippen LogP contribution in [-0.2, 0) is 14.3 Å². The first-order valence-electron chi connectivity index (χ1n) is 6.04. The van der Waals surface area contributed by atoms with E-state index in [0.29, 0.717) is 5.69 Å². The quantitative estimate of drug-likeness (QED) is 0.851. The van der Waals surface area contributed by atoms with Gasteiger partial charge in [-0.05, 0) is 37.1 Å². The zero-order valence-electron chi connectivity index (χ0n) is 11.5. The summed E-state index contributed by atoms with van der Waals surface area (Å²) in [6.45, 7) is 4.01. The van der Waals surface area contributed by atoms with Crippen LogP contribution >= 0.6 is 0 Å². The average Bonchev–Trinajstić information content (AvgIpc) is 2.33. The third kappa shape index (κ3) is 4.37. The predicted molar refractivity (Wildman–Crippen MR) is 72.4 cm³/mol. The Morgan fingerprint density at radius 3 is 2.47 bits per heavy atom. The summed E-state index contributed by atoms with van der Waals surface area (Å²) < 4.78 is 4.83. The lowest BCUT2D eigenvalue weighted by molar-refractivity contribution is -0.136. The molecule has 0 fully saturated rings. The number of aliphatic carboxylic acids is 1. The normalized spacial score (nSPS) is 10.3. The van der Waals surface area contributed by atoms with Crippen molar-refractivity contribution in [1.82, 2.24) is 0 Å². The molecular formula is C14H19NO4. The van der Waals surface area contributed by atoms with Gasteiger partial charge in [0.1, 0.15) is 6.61 Å². The van der Waals surface area contributed by atoms with Crippen LogP contribution < -0.4 is 4.90 Å². The van der Waals surface area contributed by atoms with Gasteiger partial charge in [-0.25, -0.2) is 0 Å². The fraction of sp³-hybridized carbons (Fsp3) is 0.429. The van der Waals surface area contributed by atoms with Crippen molar-refractivity contribution in [2.75, 3.05) is 25.2 Å². The number of carboxylic acids is 1. The lowest BCUT2D eigenvalue weighted by atomic mass is 10.1. The van der Waals surface area contributed by atoms with Gasteiger partial charge in [0.2, 0.25) is 0 Å². The highest BCUT2D eigenvalue weighted by Gasteiger charge is 2.17. The van der Waals surface area contributed by atoms with E-state index in [2.05, 4.69) is 0 Å². The molecule has 1 amide bonds. The molecule has 1 rings (SSSR count). The Hall–Kier alpha value is -1.88. The van der Waals surface area contributed by atoms with Gasteiger partial charge in [0.15, 0.2) is 0 Å². The zero-order valence-corrected chi connectivity index (χ0v) is 11.5. The van der Waals surface area contributed by atoms with Crippen LogP contribution in [0.25, 0.3) is 0 Å². The lowest BCUT2D eigenvalue weighted by Gasteiger charge is -2.22. The van der Waals surface area contributed by atoms with Crippen LogP contribution in [0.5, 0.6) is 0 Å². The van der Waals surface area contributed by atoms with Crippen LogP contribution in [-0.4, -0.2) is 37.2 Å². The number of methoxy groups -OCH3 is 1. The van der Waals surface area contributed by atoms with Gasteiger partial charge in [-0.1, -0.05) is 6.07 Å². The molecular weight excluding hydrogens is 246 g/mol. The molecule has 104 valence electrons. The predicted octanol–water partition coefficient (Wildman–Crippen LogP) is 1.76. The molecule has 0 saturated carbocycles. The van der Waals surface area contributed by atoms with Crippen molar-refractivity contribution in [3.63, 3.8) is 0 Å². The summed E-state index contributed by atoms with van der Waals surface area (Å²) >= 11 is 0. The van der Waals surface area contributed by atoms with E-state index in [1.807, 2.05) is 32.0 Å². The molecule has 0 atom stereocenters. The number of carbonyl (C=O) groups excluding carboxylic acids is 1. The summed E-state index contributed by atoms with van der Waals surface area (Å²) in [5, 5.41) is 8.75. The molecule has 1 aromatic rings. The molecule has 1 aromatic carbocycles. The zero-order chi connectivity index (χ0) is 14.4. The molecule has 0 heterocycles. The molecule has 0 aromatic heterocycles. The van der Waals surface area contributed by atoms with Crippen LogP contribution in [0.15, 0.2) is 18.2 Å². The van der Waals surface area contributed by atoms with Crippen LogP contribution in [0, 0.1) is 13.8 Å². The first-order valence-corrected chi connectivity index (χ1v) is 6.04. The minimum atomic E-state index is -0.931. The SMILES string of the molecule is COCC(=O)N(CCC(=O)O)c1ccc(C)c(C)c1. The van der Waals surface area contributed by atoms with E-state index in [1.165, 1.54) is 12.0 Å². The van der Waals surface area contributed by atoms with Crippen molar-refractivity contribution < 1.29 is 19.4 Å². The Labute approximate surface area is 112 Å². The molecule has 0 unspecified atom stereocenters. The van der Waals surface area contributed by atoms with Gasteiger partial charge in [0.05, 0.1) is 6.42 Å². The highest BCUT2D eigenvalue weighted by atomic mass is 16.5. The Kier molecular flexibility index (Phi) is 5.51. The maximum atomic E-state index is 12.0. The van der Waals surface area contributed by atoms with Crippen LogP contribution in [0.2, 0.25) is 0 Å². The highest BCUT2D eigenvalue weighted by molar-refractivity contribution is 5.94. The Morgan fingerprint density at radius 2 is 1.95 bits per heavy atom. The van der Waals surface area contributed by atoms with E-state index in [0.717, 1.165) is 11.1 Å². The number of carboxylic acid groups (broad SMARTS) is 1. The number of aryl methyl sites for hydroxylation is 2. The number of carbonyl (C=O) groups is 2. The van der Waals surface area contributed by atoms with Crippen molar-refractivity contribution >= 4 is 17.6 Å². The number of hydrogen-bond acceptors (Lipinski definition) is 3. The first-order chi connectivity index (χ1) is 8.95. The van der Waals surface area contributed by atoms with Gasteiger partial charge >= 0.3 is 5.97 Å². The molecule has 19 heavy (non-hydrogen) atoms. The second-order valence-electron chi connectivity index (χ2n) is 4.39. The fourth-order valence-electron chi connectivity index (χ4n) is 1.70. The largest absolute Gasteiger partial charge is 0.481 e. The number of nitrogens with zero attached hydrogens (tertiary/aromatic N) is 1. The Morgan fingerprint density at radius 1 is 1.26 bits per heavy atom. The summed E-state index contributed by atoms with van der Waals surface area (Å²) in [5.41, 5.74) is 2.88. The molecule has 0 aliphatic carbocycles. The number of amides is 1. The van der Waals surface area contributed by atoms with Gasteiger partial charge in [0.25, 0.3) is 5.91 Å². The smallest absolute Gasteiger partial charge is 0.305 e. The van der Waals surface area contributed by atoms with Crippen LogP contribution in [0.4, 0.5) is 5.69 Å². The van der Waals surface area contributed by atoms with E-state index in [9.17, 15) is 9.59 Å². The van der Waals surface area contributed by atoms with E-state index < -0.39 is 5.97 Å². The molecule has 0 bridgehead atoms. The molecule has 0 aliphatic heterocycles. The number of hydrogen-bond donors (Lipinski definition) is 1. The van der Waals surface area contributed by atoms with Crippen molar-refractivity contribution in [2.45, 2.75) is 20.3 Å². The van der Waals surface area contributed by atoms with Crippen molar-refractivity contribution in [3.8, 4) is 0 Å². The summed E-state index contributed by atoms with van der Waals surface area (Å²) in [5.74, 6) is -1.17. The first kappa shape index (κ1) is 15.2. The summed E-state index contributed by atoms with van der Waals surface area (Å²) in [6.07, 6.45) is -0.0949. The van der Waals surface area contributed by atoms with Gasteiger partial charge in [0, 0.05) is 19.3 Å². The average molecular weight is 265 g/mol. The van der Waals surface area contributed by atoms with E-state index in [4.69, 9.17) is 9.84 Å². The minimum absolute atomic E-state index is 0.0630. The maximum Gasteiger partial charge on any atom is 0.305 e. The fourth-order valence-corrected chi connectivity index (χ4v) is 1.70. The van der Waals surface area contributed by atoms with Crippen molar-refractivity contribution in [1.29, 1.82) is 0 Å². The van der Waals surface area contributed by atoms with Crippen LogP contribution in [0.1, 0.15) is 17.5 Å². The molecule has 1 N–H and O–H groups in total. The van der Waals surface area contributed by atoms with Gasteiger partial charge in [-0.15, -0.1) is 0 Å². The molecule has 5 nitrogen and oxygen atoms in total. The topological polar surface area (TPSA) is 66.8 Å². The molecule has 0 aliphatic rings. The number of rotatable bonds is 6. The molecule has 0 saturated heterocycles. The minimum Gasteiger partial charge on any atom is -0.481 e. The Bertz CT molecular complexity index is 471. The maximum absolute atomic E-state index is 12.0. The standard InChI is InChI=1S/C14H19NO4/c1-10-4-5-12(8-11(10)2)15(7-6-14(17)18)13(16)9-19-3/h4-5,8H,6-7,9H2,1-3H3,(H,17,18). The second kappa shape index (κ2) is 6.89. The summed E-state index contributed by atoms with van der Waals surface area (Å²) in [7, 11) is 1.44. The van der Waals surface area contributed by atoms with E-state index >= 15 is 0 Å². The molecule has 5 heteroatoms. The molecule has 0 radical (unpaired) electrons. The third-order valence-electron chi connectivity index (χ3n) is 2.92. The number of ether oxygens (including phenoxy) is 1. The summed E-state index contributed by atoms with van der Waals surface area (Å²) in [6, 6.07) is 5.61. The number of benzene rings is 1. The third-order valence-corrected chi connectivity index (χ3v) is 2.92. The van der Waals surface area contributed by atoms with Crippen molar-refractivity contribution in [3.05, 3.63) is 29.3 Å². The monoisotopic (exact) mass is 265 g/mol. The highest BCUT2D eigenvalue weighted by Crippen LogP contribution is 2.19. The van der Waals surface area contributed by atoms with Crippen LogP contribution in [0.3, 0.4) is 0 Å². The molecule has 0 spiro atoms. The van der Waals surface area contributed by atoms with Gasteiger partial charge in [-0.3, -0.25) is 9.59 Å². The Balaban J connectivity index is 2.96. The van der Waals surface area contributed by atoms with E-state index in [1.54, 1.807) is 0 Å². The van der Waals surface area contributed by atoms with Gasteiger partial charge < -0.3 is 14.7 Å².